The number of alkyl carbamates (subject to hydrolysis) is 1. The van der Waals surface area contributed by atoms with E-state index in [4.69, 9.17) is 9.47 Å². The van der Waals surface area contributed by atoms with Gasteiger partial charge in [0.1, 0.15) is 12.6 Å². The zero-order chi connectivity index (χ0) is 60.1. The summed E-state index contributed by atoms with van der Waals surface area (Å²) in [5.41, 5.74) is 0. The molecule has 0 saturated carbocycles. The number of quaternary nitrogens is 1. The third-order valence-electron chi connectivity index (χ3n) is 17.5. The largest absolute Gasteiger partial charge is 0.449 e. The van der Waals surface area contributed by atoms with Crippen molar-refractivity contribution in [3.05, 3.63) is 24.3 Å². The van der Waals surface area contributed by atoms with Crippen LogP contribution in [0.2, 0.25) is 0 Å². The van der Waals surface area contributed by atoms with E-state index in [1.165, 1.54) is 162 Å². The number of allylic oxidation sites excluding steroid dienone is 2. The lowest BCUT2D eigenvalue weighted by atomic mass is 9.85. The molecule has 0 fully saturated rings. The van der Waals surface area contributed by atoms with Crippen molar-refractivity contribution in [2.45, 2.75) is 284 Å². The monoisotopic (exact) mass is 1150 g/mol. The van der Waals surface area contributed by atoms with Gasteiger partial charge in [-0.05, 0) is 92.6 Å². The van der Waals surface area contributed by atoms with Crippen molar-refractivity contribution in [1.29, 1.82) is 0 Å². The van der Waals surface area contributed by atoms with E-state index in [1.54, 1.807) is 4.90 Å². The first-order valence-electron chi connectivity index (χ1n) is 33.9. The molecule has 2 aliphatic rings. The normalized spacial score (nSPS) is 17.7. The van der Waals surface area contributed by atoms with Crippen LogP contribution in [0.4, 0.5) is 9.59 Å². The second kappa shape index (κ2) is 47.6. The molecule has 14 heteroatoms. The molecule has 5 unspecified atom stereocenters. The maximum atomic E-state index is 15.8. The molecular formula is C68H125N6O8+. The molecule has 0 spiro atoms. The Morgan fingerprint density at radius 1 is 0.463 bits per heavy atom. The summed E-state index contributed by atoms with van der Waals surface area (Å²) in [6.45, 7) is 10.1. The van der Waals surface area contributed by atoms with Crippen LogP contribution < -0.4 is 5.32 Å². The highest BCUT2D eigenvalue weighted by molar-refractivity contribution is 6.33. The SMILES string of the molecule is CCCCCCCCCCCCCCCCCCN(C(=O)C(=O)[N+](CCCCCCCCCCCCCCCCCC)(C(C)=O)C1CC=CCC1COC(=O)N(CCCN(C)C)C(C)=O)C1CC=CCC1COC(=O)NCCCN(C)C. The molecular weight excluding hydrogens is 1030 g/mol. The number of amides is 6. The molecule has 0 bridgehead atoms. The summed E-state index contributed by atoms with van der Waals surface area (Å²) in [4.78, 5) is 92.6. The zero-order valence-corrected chi connectivity index (χ0v) is 54.1. The molecule has 0 aromatic carbocycles. The smallest absolute Gasteiger partial charge is 0.416 e. The lowest BCUT2D eigenvalue weighted by Crippen LogP contribution is -2.69. The Bertz CT molecular complexity index is 1770. The number of unbranched alkanes of at least 4 members (excludes halogenated alkanes) is 30. The lowest BCUT2D eigenvalue weighted by Gasteiger charge is -2.45. The molecule has 0 aromatic heterocycles. The second-order valence-corrected chi connectivity index (χ2v) is 25.1. The third-order valence-corrected chi connectivity index (χ3v) is 17.5. The minimum absolute atomic E-state index is 0.0879. The molecule has 0 aliphatic heterocycles. The third kappa shape index (κ3) is 32.0. The van der Waals surface area contributed by atoms with E-state index in [9.17, 15) is 19.2 Å². The Morgan fingerprint density at radius 2 is 0.878 bits per heavy atom. The minimum atomic E-state index is -0.744. The number of imide groups is 2. The van der Waals surface area contributed by atoms with Crippen LogP contribution in [0.1, 0.15) is 272 Å². The van der Waals surface area contributed by atoms with Gasteiger partial charge in [0.2, 0.25) is 5.91 Å². The van der Waals surface area contributed by atoms with Gasteiger partial charge in [0.05, 0.1) is 26.0 Å². The average molecular weight is 1150 g/mol. The van der Waals surface area contributed by atoms with Crippen molar-refractivity contribution in [3.63, 3.8) is 0 Å². The van der Waals surface area contributed by atoms with Gasteiger partial charge in [0.25, 0.3) is 0 Å². The van der Waals surface area contributed by atoms with Crippen LogP contribution in [0.3, 0.4) is 0 Å². The fourth-order valence-corrected chi connectivity index (χ4v) is 12.4. The predicted octanol–water partition coefficient (Wildman–Crippen LogP) is 15.5. The molecule has 1 N–H and O–H groups in total. The molecule has 0 saturated heterocycles. The fraction of sp³-hybridized carbons (Fsp3) is 0.853. The summed E-state index contributed by atoms with van der Waals surface area (Å²) in [5.74, 6) is -2.91. The topological polar surface area (TPSA) is 146 Å². The number of carbonyl (C=O) groups is 6. The highest BCUT2D eigenvalue weighted by Gasteiger charge is 2.56. The van der Waals surface area contributed by atoms with Crippen LogP contribution in [0.25, 0.3) is 0 Å². The maximum Gasteiger partial charge on any atom is 0.416 e. The fourth-order valence-electron chi connectivity index (χ4n) is 12.4. The van der Waals surface area contributed by atoms with Gasteiger partial charge in [-0.3, -0.25) is 9.59 Å². The van der Waals surface area contributed by atoms with E-state index in [0.717, 1.165) is 62.8 Å². The molecule has 2 rings (SSSR count). The van der Waals surface area contributed by atoms with Crippen LogP contribution >= 0.6 is 0 Å². The zero-order valence-electron chi connectivity index (χ0n) is 54.1. The van der Waals surface area contributed by atoms with E-state index in [-0.39, 0.29) is 38.1 Å². The summed E-state index contributed by atoms with van der Waals surface area (Å²) in [5, 5.41) is 2.88. The molecule has 82 heavy (non-hydrogen) atoms. The van der Waals surface area contributed by atoms with E-state index < -0.39 is 52.4 Å². The molecule has 2 aliphatic carbocycles. The number of rotatable bonds is 48. The predicted molar refractivity (Wildman–Crippen MR) is 337 cm³/mol. The highest BCUT2D eigenvalue weighted by Crippen LogP contribution is 2.35. The van der Waals surface area contributed by atoms with Gasteiger partial charge in [0, 0.05) is 44.9 Å². The van der Waals surface area contributed by atoms with Crippen LogP contribution in [0.15, 0.2) is 24.3 Å². The number of carbonyl (C=O) groups excluding carboxylic acids is 6. The van der Waals surface area contributed by atoms with Crippen LogP contribution in [-0.4, -0.2) is 153 Å². The van der Waals surface area contributed by atoms with E-state index in [1.807, 2.05) is 45.2 Å². The standard InChI is InChI=1S/C68H124N6O8/c1-9-11-13-15-17-19-21-23-25-27-29-31-33-35-37-43-54-73(63-49-41-39-47-61(63)57-81-67(79)69-51-45-52-70(5)6)65(77)66(78)74(60(4)76,56-44-38-36-34-32-30-28-26-24-22-20-18-16-14-12-10-2)64-50-42-40-48-62(64)58-82-68(80)72(59(3)75)55-46-53-71(7)8/h39-42,61-64H,9-38,43-58H2,1-8H3/p+1. The van der Waals surface area contributed by atoms with Crippen molar-refractivity contribution in [1.82, 2.24) is 24.9 Å². The van der Waals surface area contributed by atoms with Gasteiger partial charge in [-0.15, -0.1) is 0 Å². The van der Waals surface area contributed by atoms with Gasteiger partial charge in [-0.2, -0.15) is 4.48 Å². The minimum Gasteiger partial charge on any atom is -0.449 e. The summed E-state index contributed by atoms with van der Waals surface area (Å²) >= 11 is 0. The Morgan fingerprint density at radius 3 is 1.34 bits per heavy atom. The number of ether oxygens (including phenoxy) is 2. The summed E-state index contributed by atoms with van der Waals surface area (Å²) in [6.07, 6.45) is 48.8. The molecule has 0 radical (unpaired) electrons. The summed E-state index contributed by atoms with van der Waals surface area (Å²) in [6, 6.07) is -1.08. The van der Waals surface area contributed by atoms with Crippen molar-refractivity contribution in [3.8, 4) is 0 Å². The molecule has 5 atom stereocenters. The highest BCUT2D eigenvalue weighted by atomic mass is 16.6. The average Bonchev–Trinajstić information content (AvgIpc) is 3.66. The maximum absolute atomic E-state index is 15.8. The lowest BCUT2D eigenvalue weighted by molar-refractivity contribution is -0.808. The van der Waals surface area contributed by atoms with Gasteiger partial charge >= 0.3 is 29.9 Å². The quantitative estimate of drug-likeness (QED) is 0.0270. The van der Waals surface area contributed by atoms with E-state index in [0.29, 0.717) is 64.6 Å². The van der Waals surface area contributed by atoms with Crippen molar-refractivity contribution >= 4 is 35.8 Å². The molecule has 0 aromatic rings. The molecule has 6 amide bonds. The van der Waals surface area contributed by atoms with Gasteiger partial charge in [0.15, 0.2) is 0 Å². The number of hydrogen-bond donors (Lipinski definition) is 1. The van der Waals surface area contributed by atoms with Crippen LogP contribution in [0, 0.1) is 11.8 Å². The number of hydrogen-bond acceptors (Lipinski definition) is 10. The Hall–Kier alpha value is -3.62. The van der Waals surface area contributed by atoms with Gasteiger partial charge in [-0.1, -0.05) is 224 Å². The number of nitrogens with zero attached hydrogens (tertiary/aromatic N) is 5. The summed E-state index contributed by atoms with van der Waals surface area (Å²) < 4.78 is 11.2. The first kappa shape index (κ1) is 74.5. The molecule has 0 heterocycles. The first-order chi connectivity index (χ1) is 39.7. The van der Waals surface area contributed by atoms with Crippen molar-refractivity contribution < 1.29 is 42.7 Å². The Balaban J connectivity index is 2.36. The Kier molecular flexibility index (Phi) is 43.2. The first-order valence-corrected chi connectivity index (χ1v) is 33.9. The van der Waals surface area contributed by atoms with Crippen LogP contribution in [0.5, 0.6) is 0 Å². The van der Waals surface area contributed by atoms with Gasteiger partial charge < -0.3 is 29.5 Å². The van der Waals surface area contributed by atoms with E-state index >= 15 is 9.59 Å². The van der Waals surface area contributed by atoms with Crippen molar-refractivity contribution in [2.75, 3.05) is 80.7 Å². The molecule has 14 nitrogen and oxygen atoms in total. The van der Waals surface area contributed by atoms with Crippen molar-refractivity contribution in [2.24, 2.45) is 11.8 Å². The Labute approximate surface area is 502 Å². The van der Waals surface area contributed by atoms with Gasteiger partial charge in [-0.25, -0.2) is 24.1 Å². The van der Waals surface area contributed by atoms with E-state index in [2.05, 4.69) is 36.2 Å². The molecule has 474 valence electrons. The summed E-state index contributed by atoms with van der Waals surface area (Å²) in [7, 11) is 7.87. The van der Waals surface area contributed by atoms with Crippen LogP contribution in [-0.2, 0) is 28.7 Å². The second-order valence-electron chi connectivity index (χ2n) is 25.1. The number of nitrogens with one attached hydrogen (secondary N) is 1.